The first-order valence-electron chi connectivity index (χ1n) is 6.61. The number of carbonyl (C=O) groups is 1. The summed E-state index contributed by atoms with van der Waals surface area (Å²) in [7, 11) is 0. The lowest BCUT2D eigenvalue weighted by atomic mass is 9.83. The molecule has 4 rings (SSSR count). The third-order valence-electron chi connectivity index (χ3n) is 4.60. The molecule has 0 radical (unpaired) electrons. The third kappa shape index (κ3) is 1.17. The Morgan fingerprint density at radius 3 is 1.61 bits per heavy atom. The zero-order valence-corrected chi connectivity index (χ0v) is 10.2. The van der Waals surface area contributed by atoms with Crippen LogP contribution in [0, 0.1) is 0 Å². The van der Waals surface area contributed by atoms with Crippen molar-refractivity contribution in [2.24, 2.45) is 0 Å². The molecule has 2 aromatic rings. The largest absolute Gasteiger partial charge is 0.364 e. The van der Waals surface area contributed by atoms with Gasteiger partial charge in [0, 0.05) is 23.8 Å². The van der Waals surface area contributed by atoms with Crippen LogP contribution in [-0.2, 0) is 15.6 Å². The van der Waals surface area contributed by atoms with Crippen molar-refractivity contribution in [1.82, 2.24) is 9.97 Å². The van der Waals surface area contributed by atoms with E-state index in [1.54, 1.807) is 0 Å². The van der Waals surface area contributed by atoms with Crippen molar-refractivity contribution in [1.29, 1.82) is 0 Å². The lowest BCUT2D eigenvalue weighted by Crippen LogP contribution is -2.33. The first kappa shape index (κ1) is 10.2. The summed E-state index contributed by atoms with van der Waals surface area (Å²) >= 11 is 0. The molecule has 2 aliphatic rings. The molecule has 2 N–H and O–H groups in total. The number of carbonyl (C=O) groups excluding carboxylic acids is 1. The number of ketones is 1. The third-order valence-corrected chi connectivity index (χ3v) is 4.60. The number of hydrogen-bond acceptors (Lipinski definition) is 1. The molecule has 2 heterocycles. The van der Waals surface area contributed by atoms with Crippen LogP contribution >= 0.6 is 0 Å². The minimum Gasteiger partial charge on any atom is -0.364 e. The number of H-pyrrole nitrogens is 2. The highest BCUT2D eigenvalue weighted by atomic mass is 16.1. The second kappa shape index (κ2) is 3.16. The Bertz CT molecular complexity index is 520. The van der Waals surface area contributed by atoms with Crippen LogP contribution in [0.1, 0.15) is 37.1 Å². The molecule has 2 saturated carbocycles. The number of aromatic amines is 2. The van der Waals surface area contributed by atoms with Gasteiger partial charge < -0.3 is 9.97 Å². The van der Waals surface area contributed by atoms with Gasteiger partial charge in [-0.15, -0.1) is 0 Å². The Morgan fingerprint density at radius 2 is 1.33 bits per heavy atom. The average molecular weight is 240 g/mol. The maximum atomic E-state index is 13.0. The standard InChI is InChI=1S/C15H16N2O/c18-13(14(5-6-14)11-3-1-9-16-11)15(7-8-15)12-4-2-10-17-12/h1-4,9-10,16-17H,5-8H2. The van der Waals surface area contributed by atoms with E-state index in [0.29, 0.717) is 5.78 Å². The summed E-state index contributed by atoms with van der Waals surface area (Å²) in [6.45, 7) is 0. The molecular weight excluding hydrogens is 224 g/mol. The highest BCUT2D eigenvalue weighted by Crippen LogP contribution is 2.59. The highest BCUT2D eigenvalue weighted by Gasteiger charge is 2.64. The van der Waals surface area contributed by atoms with Gasteiger partial charge in [-0.2, -0.15) is 0 Å². The summed E-state index contributed by atoms with van der Waals surface area (Å²) in [6.07, 6.45) is 7.81. The number of rotatable bonds is 4. The lowest BCUT2D eigenvalue weighted by molar-refractivity contribution is -0.124. The topological polar surface area (TPSA) is 48.6 Å². The lowest BCUT2D eigenvalue weighted by Gasteiger charge is -2.20. The van der Waals surface area contributed by atoms with Crippen molar-refractivity contribution < 1.29 is 4.79 Å². The van der Waals surface area contributed by atoms with Gasteiger partial charge in [-0.05, 0) is 49.9 Å². The van der Waals surface area contributed by atoms with Crippen molar-refractivity contribution in [3.8, 4) is 0 Å². The molecule has 0 amide bonds. The van der Waals surface area contributed by atoms with Crippen LogP contribution < -0.4 is 0 Å². The second-order valence-corrected chi connectivity index (χ2v) is 5.66. The number of aromatic nitrogens is 2. The highest BCUT2D eigenvalue weighted by molar-refractivity contribution is 6.02. The monoisotopic (exact) mass is 240 g/mol. The summed E-state index contributed by atoms with van der Waals surface area (Å²) < 4.78 is 0. The number of Topliss-reactive ketones (excluding diaryl/α,β-unsaturated/α-hetero) is 1. The predicted octanol–water partition coefficient (Wildman–Crippen LogP) is 2.68. The van der Waals surface area contributed by atoms with Crippen LogP contribution in [0.3, 0.4) is 0 Å². The smallest absolute Gasteiger partial charge is 0.156 e. The first-order chi connectivity index (χ1) is 8.78. The number of nitrogens with one attached hydrogen (secondary N) is 2. The Kier molecular flexibility index (Phi) is 1.79. The Hall–Kier alpha value is -1.77. The Balaban J connectivity index is 1.73. The number of hydrogen-bond donors (Lipinski definition) is 2. The van der Waals surface area contributed by atoms with E-state index in [2.05, 4.69) is 22.1 Å². The second-order valence-electron chi connectivity index (χ2n) is 5.66. The van der Waals surface area contributed by atoms with Gasteiger partial charge in [0.25, 0.3) is 0 Å². The molecule has 0 saturated heterocycles. The molecule has 18 heavy (non-hydrogen) atoms. The quantitative estimate of drug-likeness (QED) is 0.848. The molecular formula is C15H16N2O. The van der Waals surface area contributed by atoms with E-state index >= 15 is 0 Å². The van der Waals surface area contributed by atoms with Crippen LogP contribution in [0.15, 0.2) is 36.7 Å². The van der Waals surface area contributed by atoms with E-state index in [-0.39, 0.29) is 10.8 Å². The van der Waals surface area contributed by atoms with Gasteiger partial charge in [0.2, 0.25) is 0 Å². The fourth-order valence-corrected chi connectivity index (χ4v) is 3.20. The predicted molar refractivity (Wildman–Crippen MR) is 68.4 cm³/mol. The minimum absolute atomic E-state index is 0.217. The fourth-order valence-electron chi connectivity index (χ4n) is 3.20. The van der Waals surface area contributed by atoms with Crippen molar-refractivity contribution in [2.75, 3.05) is 0 Å². The van der Waals surface area contributed by atoms with Gasteiger partial charge in [0.15, 0.2) is 5.78 Å². The van der Waals surface area contributed by atoms with E-state index in [1.807, 2.05) is 24.5 Å². The molecule has 92 valence electrons. The molecule has 0 bridgehead atoms. The van der Waals surface area contributed by atoms with Crippen molar-refractivity contribution in [3.05, 3.63) is 48.0 Å². The van der Waals surface area contributed by atoms with E-state index in [1.165, 1.54) is 0 Å². The van der Waals surface area contributed by atoms with Gasteiger partial charge in [-0.25, -0.2) is 0 Å². The fraction of sp³-hybridized carbons (Fsp3) is 0.400. The molecule has 2 aliphatic carbocycles. The molecule has 0 spiro atoms. The zero-order valence-electron chi connectivity index (χ0n) is 10.2. The van der Waals surface area contributed by atoms with Crippen LogP contribution in [-0.4, -0.2) is 15.8 Å². The maximum Gasteiger partial charge on any atom is 0.156 e. The van der Waals surface area contributed by atoms with E-state index in [4.69, 9.17) is 0 Å². The van der Waals surface area contributed by atoms with Gasteiger partial charge in [-0.1, -0.05) is 0 Å². The van der Waals surface area contributed by atoms with E-state index < -0.39 is 0 Å². The normalized spacial score (nSPS) is 22.7. The summed E-state index contributed by atoms with van der Waals surface area (Å²) in [5.41, 5.74) is 1.77. The van der Waals surface area contributed by atoms with Gasteiger partial charge in [0.05, 0.1) is 10.8 Å². The van der Waals surface area contributed by atoms with Crippen LogP contribution in [0.2, 0.25) is 0 Å². The molecule has 0 aliphatic heterocycles. The molecule has 3 nitrogen and oxygen atoms in total. The zero-order chi connectivity index (χ0) is 12.2. The summed E-state index contributed by atoms with van der Waals surface area (Å²) in [4.78, 5) is 19.4. The minimum atomic E-state index is -0.217. The molecule has 0 unspecified atom stereocenters. The molecule has 2 fully saturated rings. The van der Waals surface area contributed by atoms with Gasteiger partial charge in [-0.3, -0.25) is 4.79 Å². The molecule has 2 aromatic heterocycles. The molecule has 0 atom stereocenters. The van der Waals surface area contributed by atoms with Crippen LogP contribution in [0.5, 0.6) is 0 Å². The Labute approximate surface area is 106 Å². The summed E-state index contributed by atoms with van der Waals surface area (Å²) in [5.74, 6) is 0.417. The summed E-state index contributed by atoms with van der Waals surface area (Å²) in [6, 6.07) is 8.07. The first-order valence-corrected chi connectivity index (χ1v) is 6.61. The molecule has 0 aromatic carbocycles. The van der Waals surface area contributed by atoms with E-state index in [0.717, 1.165) is 37.1 Å². The van der Waals surface area contributed by atoms with Crippen molar-refractivity contribution >= 4 is 5.78 Å². The Morgan fingerprint density at radius 1 is 0.889 bits per heavy atom. The van der Waals surface area contributed by atoms with Gasteiger partial charge in [0.1, 0.15) is 0 Å². The van der Waals surface area contributed by atoms with Crippen molar-refractivity contribution in [2.45, 2.75) is 36.5 Å². The maximum absolute atomic E-state index is 13.0. The van der Waals surface area contributed by atoms with Gasteiger partial charge >= 0.3 is 0 Å². The average Bonchev–Trinajstić information content (AvgIpc) is 3.25. The van der Waals surface area contributed by atoms with Crippen molar-refractivity contribution in [3.63, 3.8) is 0 Å². The van der Waals surface area contributed by atoms with E-state index in [9.17, 15) is 4.79 Å². The van der Waals surface area contributed by atoms with Crippen LogP contribution in [0.25, 0.3) is 0 Å². The molecule has 3 heteroatoms. The summed E-state index contributed by atoms with van der Waals surface area (Å²) in [5, 5.41) is 0. The van der Waals surface area contributed by atoms with Crippen LogP contribution in [0.4, 0.5) is 0 Å². The SMILES string of the molecule is O=C(C1(c2ccc[nH]2)CC1)C1(c2ccc[nH]2)CC1.